The van der Waals surface area contributed by atoms with Gasteiger partial charge in [0, 0.05) is 11.0 Å². The molecule has 0 nitrogen and oxygen atoms in total. The van der Waals surface area contributed by atoms with E-state index in [4.69, 9.17) is 0 Å². The first-order valence-corrected chi connectivity index (χ1v) is 6.30. The highest BCUT2D eigenvalue weighted by molar-refractivity contribution is 8.00. The fraction of sp³-hybridized carbons (Fsp3) is 1.00. The Kier molecular flexibility index (Phi) is 1.81. The highest BCUT2D eigenvalue weighted by Crippen LogP contribution is 2.79. The normalized spacial score (nSPS) is 57.0. The molecule has 1 heterocycles. The molecule has 1 saturated heterocycles. The summed E-state index contributed by atoms with van der Waals surface area (Å²) in [6.07, 6.45) is 2.77. The van der Waals surface area contributed by atoms with Crippen molar-refractivity contribution in [3.63, 3.8) is 0 Å². The van der Waals surface area contributed by atoms with E-state index in [1.807, 2.05) is 0 Å². The van der Waals surface area contributed by atoms with Crippen LogP contribution in [0.5, 0.6) is 0 Å². The summed E-state index contributed by atoms with van der Waals surface area (Å²) in [6.45, 7) is 9.71. The van der Waals surface area contributed by atoms with Crippen molar-refractivity contribution < 1.29 is 0 Å². The van der Waals surface area contributed by atoms with Crippen molar-refractivity contribution in [2.45, 2.75) is 45.8 Å². The number of rotatable bonds is 2. The fourth-order valence-electron chi connectivity index (χ4n) is 3.69. The zero-order chi connectivity index (χ0) is 8.98. The Hall–Kier alpha value is 0.350. The van der Waals surface area contributed by atoms with Gasteiger partial charge < -0.3 is 0 Å². The third kappa shape index (κ3) is 0.685. The quantitative estimate of drug-likeness (QED) is 0.632. The van der Waals surface area contributed by atoms with Crippen LogP contribution >= 0.6 is 11.8 Å². The monoisotopic (exact) mass is 184 g/mol. The lowest BCUT2D eigenvalue weighted by atomic mass is 9.90. The molecule has 1 heteroatoms. The van der Waals surface area contributed by atoms with Gasteiger partial charge in [-0.15, -0.1) is 0 Å². The van der Waals surface area contributed by atoms with E-state index >= 15 is 0 Å². The Balaban J connectivity index is 2.24. The Morgan fingerprint density at radius 2 is 2.08 bits per heavy atom. The van der Waals surface area contributed by atoms with Crippen molar-refractivity contribution in [3.8, 4) is 0 Å². The summed E-state index contributed by atoms with van der Waals surface area (Å²) in [5.41, 5.74) is 1.43. The van der Waals surface area contributed by atoms with Gasteiger partial charge in [0.05, 0.1) is 0 Å². The molecule has 0 amide bonds. The van der Waals surface area contributed by atoms with E-state index in [0.29, 0.717) is 5.41 Å². The molecule has 0 spiro atoms. The van der Waals surface area contributed by atoms with E-state index in [9.17, 15) is 0 Å². The molecule has 1 aliphatic heterocycles. The molecular formula is C11H20S. The van der Waals surface area contributed by atoms with Gasteiger partial charge in [0.25, 0.3) is 0 Å². The molecule has 0 aromatic rings. The maximum Gasteiger partial charge on any atom is 0.0107 e. The second-order valence-electron chi connectivity index (χ2n) is 4.72. The molecule has 1 saturated carbocycles. The van der Waals surface area contributed by atoms with Crippen molar-refractivity contribution >= 4 is 11.8 Å². The Morgan fingerprint density at radius 3 is 2.42 bits per heavy atom. The third-order valence-electron chi connectivity index (χ3n) is 4.93. The van der Waals surface area contributed by atoms with Gasteiger partial charge in [-0.25, -0.2) is 0 Å². The molecule has 2 rings (SSSR count). The summed E-state index contributed by atoms with van der Waals surface area (Å²) in [4.78, 5) is 0. The molecule has 0 N–H and O–H groups in total. The van der Waals surface area contributed by atoms with Crippen LogP contribution in [0.3, 0.4) is 0 Å². The van der Waals surface area contributed by atoms with Gasteiger partial charge in [-0.1, -0.05) is 27.7 Å². The van der Waals surface area contributed by atoms with E-state index in [1.54, 1.807) is 0 Å². The first-order valence-electron chi connectivity index (χ1n) is 5.25. The van der Waals surface area contributed by atoms with Gasteiger partial charge in [0.1, 0.15) is 0 Å². The number of hydrogen-bond acceptors (Lipinski definition) is 1. The van der Waals surface area contributed by atoms with Crippen molar-refractivity contribution in [3.05, 3.63) is 0 Å². The topological polar surface area (TPSA) is 0 Å². The zero-order valence-corrected chi connectivity index (χ0v) is 9.50. The first kappa shape index (κ1) is 8.93. The fourth-order valence-corrected chi connectivity index (χ4v) is 5.97. The average Bonchev–Trinajstić information content (AvgIpc) is 2.41. The molecule has 2 fully saturated rings. The minimum absolute atomic E-state index is 0.696. The van der Waals surface area contributed by atoms with Crippen LogP contribution in [0.15, 0.2) is 0 Å². The predicted molar refractivity (Wildman–Crippen MR) is 56.5 cm³/mol. The second-order valence-corrected chi connectivity index (χ2v) is 5.91. The van der Waals surface area contributed by atoms with E-state index < -0.39 is 0 Å². The van der Waals surface area contributed by atoms with Crippen LogP contribution < -0.4 is 0 Å². The number of thioether (sulfide) groups is 1. The highest BCUT2D eigenvalue weighted by Gasteiger charge is 2.75. The van der Waals surface area contributed by atoms with Gasteiger partial charge in [-0.05, 0) is 29.6 Å². The molecule has 0 bridgehead atoms. The summed E-state index contributed by atoms with van der Waals surface area (Å²) in [5, 5.41) is 0.951. The lowest BCUT2D eigenvalue weighted by Crippen LogP contribution is -2.15. The molecule has 12 heavy (non-hydrogen) atoms. The smallest absolute Gasteiger partial charge is 0.0107 e. The standard InChI is InChI=1S/C11H20S/c1-5-9-10(4)8(3)11(10,6-2)7-12-9/h8-9H,5-7H2,1-4H3. The van der Waals surface area contributed by atoms with Crippen molar-refractivity contribution in [2.24, 2.45) is 16.7 Å². The summed E-state index contributed by atoms with van der Waals surface area (Å²) >= 11 is 2.23. The van der Waals surface area contributed by atoms with Gasteiger partial charge in [-0.2, -0.15) is 11.8 Å². The van der Waals surface area contributed by atoms with Gasteiger partial charge in [-0.3, -0.25) is 0 Å². The number of fused-ring (bicyclic) bond motifs is 1. The molecular weight excluding hydrogens is 164 g/mol. The van der Waals surface area contributed by atoms with Gasteiger partial charge >= 0.3 is 0 Å². The molecule has 2 aliphatic rings. The molecule has 0 aromatic carbocycles. The van der Waals surface area contributed by atoms with Crippen molar-refractivity contribution in [2.75, 3.05) is 5.75 Å². The average molecular weight is 184 g/mol. The Labute approximate surface area is 80.5 Å². The summed E-state index contributed by atoms with van der Waals surface area (Å²) < 4.78 is 0. The molecule has 0 aromatic heterocycles. The number of hydrogen-bond donors (Lipinski definition) is 0. The van der Waals surface area contributed by atoms with Crippen LogP contribution in [-0.4, -0.2) is 11.0 Å². The van der Waals surface area contributed by atoms with Gasteiger partial charge in [0.2, 0.25) is 0 Å². The minimum atomic E-state index is 0.696. The lowest BCUT2D eigenvalue weighted by Gasteiger charge is -2.17. The van der Waals surface area contributed by atoms with Crippen LogP contribution in [0, 0.1) is 16.7 Å². The summed E-state index contributed by atoms with van der Waals surface area (Å²) in [6, 6.07) is 0. The van der Waals surface area contributed by atoms with Crippen LogP contribution in [-0.2, 0) is 0 Å². The Morgan fingerprint density at radius 1 is 1.42 bits per heavy atom. The molecule has 1 aliphatic carbocycles. The van der Waals surface area contributed by atoms with Crippen LogP contribution in [0.4, 0.5) is 0 Å². The van der Waals surface area contributed by atoms with Crippen molar-refractivity contribution in [1.82, 2.24) is 0 Å². The lowest BCUT2D eigenvalue weighted by molar-refractivity contribution is 0.390. The Bertz CT molecular complexity index is 201. The van der Waals surface area contributed by atoms with Crippen LogP contribution in [0.25, 0.3) is 0 Å². The first-order chi connectivity index (χ1) is 5.63. The van der Waals surface area contributed by atoms with E-state index in [0.717, 1.165) is 16.6 Å². The molecule has 70 valence electrons. The van der Waals surface area contributed by atoms with Gasteiger partial charge in [0.15, 0.2) is 0 Å². The maximum atomic E-state index is 2.52. The van der Waals surface area contributed by atoms with E-state index in [2.05, 4.69) is 39.5 Å². The van der Waals surface area contributed by atoms with Crippen LogP contribution in [0.2, 0.25) is 0 Å². The molecule has 4 atom stereocenters. The van der Waals surface area contributed by atoms with Crippen molar-refractivity contribution in [1.29, 1.82) is 0 Å². The highest BCUT2D eigenvalue weighted by atomic mass is 32.2. The summed E-state index contributed by atoms with van der Waals surface area (Å²) in [5.74, 6) is 2.42. The predicted octanol–water partition coefficient (Wildman–Crippen LogP) is 3.56. The summed E-state index contributed by atoms with van der Waals surface area (Å²) in [7, 11) is 0. The third-order valence-corrected chi connectivity index (χ3v) is 6.84. The largest absolute Gasteiger partial charge is 0.157 e. The molecule has 4 unspecified atom stereocenters. The van der Waals surface area contributed by atoms with E-state index in [1.165, 1.54) is 18.6 Å². The van der Waals surface area contributed by atoms with Crippen LogP contribution in [0.1, 0.15) is 40.5 Å². The maximum absolute atomic E-state index is 2.52. The minimum Gasteiger partial charge on any atom is -0.157 e. The molecule has 0 radical (unpaired) electrons. The SMILES string of the molecule is CCC1SCC2(CC)C(C)C12C. The zero-order valence-electron chi connectivity index (χ0n) is 8.68. The van der Waals surface area contributed by atoms with E-state index in [-0.39, 0.29) is 0 Å². The second kappa shape index (κ2) is 2.43.